The molecule has 0 unspecified atom stereocenters. The van der Waals surface area contributed by atoms with Crippen molar-refractivity contribution in [3.8, 4) is 0 Å². The Morgan fingerprint density at radius 3 is 2.92 bits per heavy atom. The normalized spacial score (nSPS) is 10.2. The first-order chi connectivity index (χ1) is 5.77. The van der Waals surface area contributed by atoms with Crippen LogP contribution in [0.4, 0.5) is 0 Å². The van der Waals surface area contributed by atoms with Crippen LogP contribution in [0.3, 0.4) is 0 Å². The molecule has 4 heteroatoms. The zero-order valence-corrected chi connectivity index (χ0v) is 7.64. The molecule has 1 heterocycles. The molecular formula is C8H11ClN2O. The summed E-state index contributed by atoms with van der Waals surface area (Å²) in [5.41, 5.74) is 6.99. The summed E-state index contributed by atoms with van der Waals surface area (Å²) in [7, 11) is 1.62. The number of nitrogens with two attached hydrogens (primary N) is 1. The van der Waals surface area contributed by atoms with Gasteiger partial charge in [-0.2, -0.15) is 0 Å². The molecule has 12 heavy (non-hydrogen) atoms. The van der Waals surface area contributed by atoms with Gasteiger partial charge in [-0.15, -0.1) is 0 Å². The maximum Gasteiger partial charge on any atom is 0.0884 e. The number of aromatic nitrogens is 1. The van der Waals surface area contributed by atoms with Crippen LogP contribution in [-0.4, -0.2) is 12.1 Å². The molecule has 2 N–H and O–H groups in total. The lowest BCUT2D eigenvalue weighted by Crippen LogP contribution is -2.03. The highest BCUT2D eigenvalue weighted by molar-refractivity contribution is 6.31. The molecule has 1 aromatic heterocycles. The zero-order chi connectivity index (χ0) is 8.97. The van der Waals surface area contributed by atoms with Crippen molar-refractivity contribution in [2.24, 2.45) is 5.73 Å². The lowest BCUT2D eigenvalue weighted by atomic mass is 10.3. The minimum atomic E-state index is 0.358. The second kappa shape index (κ2) is 4.40. The fourth-order valence-corrected chi connectivity index (χ4v) is 1.08. The Morgan fingerprint density at radius 1 is 1.58 bits per heavy atom. The van der Waals surface area contributed by atoms with Gasteiger partial charge >= 0.3 is 0 Å². The molecule has 0 aromatic carbocycles. The van der Waals surface area contributed by atoms with Crippen LogP contribution < -0.4 is 5.73 Å². The van der Waals surface area contributed by atoms with Crippen molar-refractivity contribution in [1.82, 2.24) is 4.98 Å². The van der Waals surface area contributed by atoms with Gasteiger partial charge in [0.1, 0.15) is 0 Å². The molecule has 0 saturated carbocycles. The largest absolute Gasteiger partial charge is 0.378 e. The highest BCUT2D eigenvalue weighted by Crippen LogP contribution is 2.13. The van der Waals surface area contributed by atoms with Gasteiger partial charge in [-0.3, -0.25) is 4.98 Å². The van der Waals surface area contributed by atoms with E-state index in [1.165, 1.54) is 0 Å². The van der Waals surface area contributed by atoms with E-state index in [1.807, 2.05) is 6.07 Å². The third kappa shape index (κ3) is 2.17. The number of nitrogens with zero attached hydrogens (tertiary/aromatic N) is 1. The van der Waals surface area contributed by atoms with E-state index in [-0.39, 0.29) is 0 Å². The summed E-state index contributed by atoms with van der Waals surface area (Å²) in [5.74, 6) is 0. The Morgan fingerprint density at radius 2 is 2.33 bits per heavy atom. The van der Waals surface area contributed by atoms with Crippen molar-refractivity contribution in [3.63, 3.8) is 0 Å². The predicted molar refractivity (Wildman–Crippen MR) is 47.9 cm³/mol. The van der Waals surface area contributed by atoms with Crippen LogP contribution in [0.5, 0.6) is 0 Å². The number of hydrogen-bond donors (Lipinski definition) is 1. The molecule has 1 aromatic rings. The molecule has 0 amide bonds. The van der Waals surface area contributed by atoms with Crippen LogP contribution in [0, 0.1) is 0 Å². The van der Waals surface area contributed by atoms with Gasteiger partial charge < -0.3 is 10.5 Å². The van der Waals surface area contributed by atoms with Crippen molar-refractivity contribution >= 4 is 11.6 Å². The summed E-state index contributed by atoms with van der Waals surface area (Å²) < 4.78 is 4.92. The van der Waals surface area contributed by atoms with E-state index < -0.39 is 0 Å². The summed E-state index contributed by atoms with van der Waals surface area (Å²) in [6, 6.07) is 3.61. The zero-order valence-electron chi connectivity index (χ0n) is 6.88. The van der Waals surface area contributed by atoms with E-state index in [0.717, 1.165) is 5.69 Å². The van der Waals surface area contributed by atoms with E-state index in [9.17, 15) is 0 Å². The number of halogens is 1. The maximum atomic E-state index is 5.81. The van der Waals surface area contributed by atoms with Gasteiger partial charge in [0.2, 0.25) is 0 Å². The summed E-state index contributed by atoms with van der Waals surface area (Å²) >= 11 is 5.81. The Hall–Kier alpha value is -0.640. The third-order valence-corrected chi connectivity index (χ3v) is 1.81. The Balaban J connectivity index is 2.89. The molecule has 0 aliphatic carbocycles. The summed E-state index contributed by atoms with van der Waals surface area (Å²) in [6.07, 6.45) is 0. The SMILES string of the molecule is COCc1ccc(Cl)c(CN)n1. The van der Waals surface area contributed by atoms with E-state index in [2.05, 4.69) is 4.98 Å². The number of ether oxygens (including phenoxy) is 1. The van der Waals surface area contributed by atoms with Crippen LogP contribution in [0.1, 0.15) is 11.4 Å². The summed E-state index contributed by atoms with van der Waals surface area (Å²) in [6.45, 7) is 0.848. The first kappa shape index (κ1) is 9.45. The predicted octanol–water partition coefficient (Wildman–Crippen LogP) is 1.34. The first-order valence-electron chi connectivity index (χ1n) is 3.61. The fraction of sp³-hybridized carbons (Fsp3) is 0.375. The molecule has 66 valence electrons. The van der Waals surface area contributed by atoms with E-state index in [0.29, 0.717) is 23.9 Å². The smallest absolute Gasteiger partial charge is 0.0884 e. The molecule has 1 rings (SSSR count). The molecule has 0 bridgehead atoms. The lowest BCUT2D eigenvalue weighted by Gasteiger charge is -2.03. The highest BCUT2D eigenvalue weighted by Gasteiger charge is 2.01. The number of rotatable bonds is 3. The molecule has 0 radical (unpaired) electrons. The molecule has 3 nitrogen and oxygen atoms in total. The van der Waals surface area contributed by atoms with Gasteiger partial charge in [0, 0.05) is 13.7 Å². The second-order valence-corrected chi connectivity index (χ2v) is 2.78. The number of pyridine rings is 1. The maximum absolute atomic E-state index is 5.81. The van der Waals surface area contributed by atoms with Gasteiger partial charge in [0.25, 0.3) is 0 Å². The van der Waals surface area contributed by atoms with E-state index in [1.54, 1.807) is 13.2 Å². The van der Waals surface area contributed by atoms with Gasteiger partial charge in [0.15, 0.2) is 0 Å². The van der Waals surface area contributed by atoms with Gasteiger partial charge in [-0.25, -0.2) is 0 Å². The first-order valence-corrected chi connectivity index (χ1v) is 3.99. The van der Waals surface area contributed by atoms with Crippen molar-refractivity contribution < 1.29 is 4.74 Å². The molecule has 0 saturated heterocycles. The molecule has 0 aliphatic rings. The number of hydrogen-bond acceptors (Lipinski definition) is 3. The van der Waals surface area contributed by atoms with Crippen molar-refractivity contribution in [1.29, 1.82) is 0 Å². The molecule has 0 fully saturated rings. The van der Waals surface area contributed by atoms with Crippen LogP contribution in [0.2, 0.25) is 5.02 Å². The minimum absolute atomic E-state index is 0.358. The standard InChI is InChI=1S/C8H11ClN2O/c1-12-5-6-2-3-7(9)8(4-10)11-6/h2-3H,4-5,10H2,1H3. The average Bonchev–Trinajstić information content (AvgIpc) is 2.09. The van der Waals surface area contributed by atoms with Gasteiger partial charge in [-0.05, 0) is 12.1 Å². The topological polar surface area (TPSA) is 48.1 Å². The van der Waals surface area contributed by atoms with Crippen LogP contribution in [0.15, 0.2) is 12.1 Å². The van der Waals surface area contributed by atoms with Crippen LogP contribution in [0.25, 0.3) is 0 Å². The second-order valence-electron chi connectivity index (χ2n) is 2.37. The third-order valence-electron chi connectivity index (χ3n) is 1.46. The Bertz CT molecular complexity index is 265. The van der Waals surface area contributed by atoms with Crippen molar-refractivity contribution in [3.05, 3.63) is 28.5 Å². The van der Waals surface area contributed by atoms with Gasteiger partial charge in [0.05, 0.1) is 23.0 Å². The quantitative estimate of drug-likeness (QED) is 0.775. The number of methoxy groups -OCH3 is 1. The molecule has 0 atom stereocenters. The lowest BCUT2D eigenvalue weighted by molar-refractivity contribution is 0.181. The highest BCUT2D eigenvalue weighted by atomic mass is 35.5. The minimum Gasteiger partial charge on any atom is -0.378 e. The molecular weight excluding hydrogens is 176 g/mol. The summed E-state index contributed by atoms with van der Waals surface area (Å²) in [5, 5.41) is 0.609. The van der Waals surface area contributed by atoms with Gasteiger partial charge in [-0.1, -0.05) is 11.6 Å². The summed E-state index contributed by atoms with van der Waals surface area (Å²) in [4.78, 5) is 4.20. The van der Waals surface area contributed by atoms with Crippen molar-refractivity contribution in [2.75, 3.05) is 7.11 Å². The Kier molecular flexibility index (Phi) is 3.47. The van der Waals surface area contributed by atoms with Crippen LogP contribution in [-0.2, 0) is 17.9 Å². The fourth-order valence-electron chi connectivity index (χ4n) is 0.901. The molecule has 0 aliphatic heterocycles. The van der Waals surface area contributed by atoms with E-state index in [4.69, 9.17) is 22.1 Å². The van der Waals surface area contributed by atoms with Crippen LogP contribution >= 0.6 is 11.6 Å². The molecule has 0 spiro atoms. The monoisotopic (exact) mass is 186 g/mol. The Labute approximate surface area is 76.5 Å². The van der Waals surface area contributed by atoms with Crippen molar-refractivity contribution in [2.45, 2.75) is 13.2 Å². The average molecular weight is 187 g/mol. The van der Waals surface area contributed by atoms with E-state index >= 15 is 0 Å².